The minimum absolute atomic E-state index is 0.0428. The number of aryl methyl sites for hydroxylation is 1. The van der Waals surface area contributed by atoms with Crippen LogP contribution in [0.15, 0.2) is 52.5 Å². The molecule has 2 aliphatic heterocycles. The fraction of sp³-hybridized carbons (Fsp3) is 0.480. The number of hydrogen-bond acceptors (Lipinski definition) is 6. The highest BCUT2D eigenvalue weighted by molar-refractivity contribution is 7.92. The van der Waals surface area contributed by atoms with E-state index in [-0.39, 0.29) is 50.1 Å². The first-order valence-corrected chi connectivity index (χ1v) is 14.1. The van der Waals surface area contributed by atoms with Crippen molar-refractivity contribution in [3.63, 3.8) is 0 Å². The normalized spacial score (nSPS) is 21.4. The van der Waals surface area contributed by atoms with E-state index in [0.717, 1.165) is 24.3 Å². The second kappa shape index (κ2) is 11.2. The summed E-state index contributed by atoms with van der Waals surface area (Å²) in [6.45, 7) is -0.503. The number of carbonyl (C=O) groups excluding carboxylic acids is 1. The third kappa shape index (κ3) is 5.96. The number of amides is 1. The zero-order chi connectivity index (χ0) is 32.0. The summed E-state index contributed by atoms with van der Waals surface area (Å²) in [5, 5.41) is 23.7. The Morgan fingerprint density at radius 3 is 2.30 bits per heavy atom. The summed E-state index contributed by atoms with van der Waals surface area (Å²) in [6, 6.07) is 3.75. The maximum atomic E-state index is 13.8. The van der Waals surface area contributed by atoms with Crippen molar-refractivity contribution in [2.24, 2.45) is 5.11 Å². The fourth-order valence-corrected chi connectivity index (χ4v) is 6.99. The molecule has 1 fully saturated rings. The van der Waals surface area contributed by atoms with Crippen LogP contribution in [-0.2, 0) is 26.8 Å². The van der Waals surface area contributed by atoms with E-state index in [1.54, 1.807) is 0 Å². The molecule has 2 atom stereocenters. The molecular weight excluding hydrogens is 615 g/mol. The number of fused-ring (bicyclic) bond motifs is 1. The van der Waals surface area contributed by atoms with Gasteiger partial charge < -0.3 is 15.1 Å². The first-order valence-electron chi connectivity index (χ1n) is 12.6. The van der Waals surface area contributed by atoms with Crippen molar-refractivity contribution < 1.29 is 54.2 Å². The van der Waals surface area contributed by atoms with Gasteiger partial charge in [0.2, 0.25) is 5.91 Å². The smallest absolute Gasteiger partial charge is 0.388 e. The van der Waals surface area contributed by atoms with Crippen LogP contribution in [0.4, 0.5) is 36.4 Å². The molecule has 2 aliphatic rings. The van der Waals surface area contributed by atoms with Gasteiger partial charge in [-0.3, -0.25) is 9.10 Å². The first-order chi connectivity index (χ1) is 19.8. The van der Waals surface area contributed by atoms with Crippen LogP contribution in [0.2, 0.25) is 0 Å². The van der Waals surface area contributed by atoms with Gasteiger partial charge in [0, 0.05) is 30.0 Å². The number of nitrogens with zero attached hydrogens (tertiary/aromatic N) is 5. The van der Waals surface area contributed by atoms with Crippen molar-refractivity contribution in [1.82, 2.24) is 4.90 Å². The van der Waals surface area contributed by atoms with Gasteiger partial charge in [-0.2, -0.15) is 26.3 Å². The highest BCUT2D eigenvalue weighted by Crippen LogP contribution is 2.51. The third-order valence-corrected chi connectivity index (χ3v) is 9.41. The van der Waals surface area contributed by atoms with E-state index in [9.17, 15) is 54.2 Å². The van der Waals surface area contributed by atoms with Crippen LogP contribution in [0.1, 0.15) is 30.4 Å². The van der Waals surface area contributed by atoms with Gasteiger partial charge in [-0.15, -0.1) is 0 Å². The number of anilines is 1. The van der Waals surface area contributed by atoms with Crippen LogP contribution in [0.5, 0.6) is 0 Å². The number of sulfonamides is 1. The number of benzene rings is 2. The minimum Gasteiger partial charge on any atom is -0.388 e. The van der Waals surface area contributed by atoms with Crippen LogP contribution in [0.25, 0.3) is 10.4 Å². The summed E-state index contributed by atoms with van der Waals surface area (Å²) < 4.78 is 123. The lowest BCUT2D eigenvalue weighted by Gasteiger charge is -2.39. The molecule has 0 bridgehead atoms. The second-order valence-electron chi connectivity index (χ2n) is 10.4. The summed E-state index contributed by atoms with van der Waals surface area (Å²) in [6.07, 6.45) is -13.3. The third-order valence-electron chi connectivity index (χ3n) is 7.53. The molecule has 0 spiro atoms. The molecule has 234 valence electrons. The number of likely N-dealkylation sites (tertiary alicyclic amines) is 1. The Hall–Kier alpha value is -3.60. The van der Waals surface area contributed by atoms with Gasteiger partial charge in [0.05, 0.1) is 28.8 Å². The Morgan fingerprint density at radius 2 is 1.72 bits per heavy atom. The van der Waals surface area contributed by atoms with E-state index in [1.165, 1.54) is 4.90 Å². The number of hydrogen-bond donors (Lipinski definition) is 2. The Labute approximate surface area is 240 Å². The molecule has 43 heavy (non-hydrogen) atoms. The quantitative estimate of drug-likeness (QED) is 0.201. The van der Waals surface area contributed by atoms with Crippen LogP contribution >= 0.6 is 0 Å². The molecule has 0 saturated carbocycles. The van der Waals surface area contributed by atoms with Gasteiger partial charge in [-0.25, -0.2) is 12.8 Å². The molecular formula is C25H24F7N5O5S. The number of β-amino-alcohol motifs (C(OH)–C–C–N with tert-alkyl or cyclic N) is 1. The number of aliphatic hydroxyl groups is 2. The van der Waals surface area contributed by atoms with Gasteiger partial charge in [0.15, 0.2) is 0 Å². The monoisotopic (exact) mass is 639 g/mol. The average molecular weight is 640 g/mol. The number of azide groups is 1. The van der Waals surface area contributed by atoms with E-state index in [1.807, 2.05) is 0 Å². The molecule has 0 aromatic heterocycles. The highest BCUT2D eigenvalue weighted by Gasteiger charge is 2.71. The zero-order valence-corrected chi connectivity index (χ0v) is 22.8. The van der Waals surface area contributed by atoms with Gasteiger partial charge in [0.25, 0.3) is 15.6 Å². The van der Waals surface area contributed by atoms with E-state index < -0.39 is 68.2 Å². The fourth-order valence-electron chi connectivity index (χ4n) is 5.27. The number of alkyl halides is 6. The Balaban J connectivity index is 1.75. The molecule has 1 amide bonds. The molecule has 2 heterocycles. The lowest BCUT2D eigenvalue weighted by Crippen LogP contribution is -2.54. The van der Waals surface area contributed by atoms with Crippen LogP contribution in [0, 0.1) is 5.82 Å². The molecule has 10 nitrogen and oxygen atoms in total. The highest BCUT2D eigenvalue weighted by atomic mass is 32.2. The predicted octanol–water partition coefficient (Wildman–Crippen LogP) is 4.31. The summed E-state index contributed by atoms with van der Waals surface area (Å²) in [5.74, 6) is -1.40. The Kier molecular flexibility index (Phi) is 8.38. The molecule has 0 aliphatic carbocycles. The van der Waals surface area contributed by atoms with Gasteiger partial charge in [-0.05, 0) is 60.7 Å². The van der Waals surface area contributed by atoms with Crippen LogP contribution in [-0.4, -0.2) is 73.1 Å². The topological polar surface area (TPSA) is 147 Å². The zero-order valence-electron chi connectivity index (χ0n) is 22.0. The maximum absolute atomic E-state index is 13.8. The first kappa shape index (κ1) is 32.3. The molecule has 0 radical (unpaired) electrons. The molecule has 2 N–H and O–H groups in total. The lowest BCUT2D eigenvalue weighted by atomic mass is 9.87. The van der Waals surface area contributed by atoms with Crippen molar-refractivity contribution in [1.29, 1.82) is 0 Å². The maximum Gasteiger partial charge on any atom is 0.430 e. The van der Waals surface area contributed by atoms with Crippen molar-refractivity contribution in [2.75, 3.05) is 23.9 Å². The summed E-state index contributed by atoms with van der Waals surface area (Å²) in [5.41, 5.74) is -0.404. The van der Waals surface area contributed by atoms with E-state index in [0.29, 0.717) is 22.5 Å². The van der Waals surface area contributed by atoms with Gasteiger partial charge in [-0.1, -0.05) is 17.2 Å². The van der Waals surface area contributed by atoms with Crippen molar-refractivity contribution in [2.45, 2.75) is 60.2 Å². The van der Waals surface area contributed by atoms with Gasteiger partial charge >= 0.3 is 12.4 Å². The SMILES string of the molecule is [N-]=[N+]=NCC1(O)CCN(C(=O)C[C@@H]2CCc3cc(C(O)(C(F)(F)F)C(F)(F)F)ccc3N2S(=O)(=O)c2ccc(F)cc2)C1. The van der Waals surface area contributed by atoms with Crippen molar-refractivity contribution >= 4 is 21.6 Å². The van der Waals surface area contributed by atoms with Crippen molar-refractivity contribution in [3.8, 4) is 0 Å². The molecule has 1 unspecified atom stereocenters. The lowest BCUT2D eigenvalue weighted by molar-refractivity contribution is -0.376. The summed E-state index contributed by atoms with van der Waals surface area (Å²) in [7, 11) is -4.67. The van der Waals surface area contributed by atoms with Crippen LogP contribution < -0.4 is 4.31 Å². The van der Waals surface area contributed by atoms with E-state index in [2.05, 4.69) is 10.0 Å². The predicted molar refractivity (Wildman–Crippen MR) is 135 cm³/mol. The standard InChI is InChI=1S/C25H24F7N5O5S/c26-17-3-6-19(7-4-17)43(41,42)37-18(12-21(38)36-10-9-22(39,14-36)13-34-35-33)5-1-15-11-16(2-8-20(15)37)23(40,24(27,28)29)25(30,31)32/h2-4,6-8,11,18,39-40H,1,5,9-10,12-14H2/t18-,22?/m0/s1. The average Bonchev–Trinajstić information content (AvgIpc) is 3.32. The Morgan fingerprint density at radius 1 is 1.09 bits per heavy atom. The largest absolute Gasteiger partial charge is 0.430 e. The van der Waals surface area contributed by atoms with Gasteiger partial charge in [0.1, 0.15) is 5.82 Å². The molecule has 18 heteroatoms. The molecule has 4 rings (SSSR count). The second-order valence-corrected chi connectivity index (χ2v) is 12.2. The summed E-state index contributed by atoms with van der Waals surface area (Å²) >= 11 is 0. The number of rotatable bonds is 7. The number of carbonyl (C=O) groups is 1. The van der Waals surface area contributed by atoms with E-state index in [4.69, 9.17) is 5.53 Å². The number of halogens is 7. The van der Waals surface area contributed by atoms with E-state index >= 15 is 0 Å². The van der Waals surface area contributed by atoms with Crippen molar-refractivity contribution in [3.05, 3.63) is 69.9 Å². The molecule has 2 aromatic rings. The molecule has 1 saturated heterocycles. The summed E-state index contributed by atoms with van der Waals surface area (Å²) in [4.78, 5) is 16.5. The van der Waals surface area contributed by atoms with Crippen LogP contribution in [0.3, 0.4) is 0 Å². The minimum atomic E-state index is -6.17. The molecule has 2 aromatic carbocycles. The Bertz CT molecular complexity index is 1530.